The molecular weight excluding hydrogens is 430 g/mol. The molecule has 0 bridgehead atoms. The second-order valence-electron chi connectivity index (χ2n) is 7.32. The number of nitrogens with one attached hydrogen (secondary N) is 1. The summed E-state index contributed by atoms with van der Waals surface area (Å²) in [6.07, 6.45) is 1.96. The molecule has 1 heterocycles. The molecule has 32 heavy (non-hydrogen) atoms. The van der Waals surface area contributed by atoms with Gasteiger partial charge < -0.3 is 9.47 Å². The van der Waals surface area contributed by atoms with Crippen LogP contribution < -0.4 is 14.8 Å². The summed E-state index contributed by atoms with van der Waals surface area (Å²) in [5, 5.41) is 2.52. The average Bonchev–Trinajstić information content (AvgIpc) is 3.08. The zero-order valence-corrected chi connectivity index (χ0v) is 17.5. The number of carbonyl (C=O) groups excluding carboxylic acids is 1. The lowest BCUT2D eigenvalue weighted by atomic mass is 10.1. The molecule has 0 radical (unpaired) electrons. The van der Waals surface area contributed by atoms with E-state index in [1.807, 2.05) is 13.8 Å². The van der Waals surface area contributed by atoms with Crippen LogP contribution in [0.3, 0.4) is 0 Å². The fraction of sp³-hybridized carbons (Fsp3) is 0.273. The first-order valence-electron chi connectivity index (χ1n) is 9.65. The highest BCUT2D eigenvalue weighted by Gasteiger charge is 2.21. The van der Waals surface area contributed by atoms with Crippen molar-refractivity contribution in [3.63, 3.8) is 0 Å². The molecule has 1 amide bonds. The number of anilines is 1. The zero-order valence-electron chi connectivity index (χ0n) is 17.5. The molecule has 0 spiro atoms. The van der Waals surface area contributed by atoms with Crippen LogP contribution in [-0.2, 0) is 6.42 Å². The molecule has 0 aliphatic heterocycles. The van der Waals surface area contributed by atoms with Crippen molar-refractivity contribution in [2.45, 2.75) is 26.9 Å². The van der Waals surface area contributed by atoms with Crippen molar-refractivity contribution in [3.8, 4) is 17.2 Å². The molecule has 3 rings (SSSR count). The Labute approximate surface area is 181 Å². The van der Waals surface area contributed by atoms with Gasteiger partial charge in [-0.3, -0.25) is 14.7 Å². The lowest BCUT2D eigenvalue weighted by molar-refractivity contribution is -0.0498. The van der Waals surface area contributed by atoms with E-state index in [-0.39, 0.29) is 28.9 Å². The van der Waals surface area contributed by atoms with Crippen molar-refractivity contribution in [2.24, 2.45) is 5.92 Å². The summed E-state index contributed by atoms with van der Waals surface area (Å²) in [6, 6.07) is 7.02. The third kappa shape index (κ3) is 5.37. The lowest BCUT2D eigenvalue weighted by Crippen LogP contribution is -2.16. The van der Waals surface area contributed by atoms with Gasteiger partial charge in [0.1, 0.15) is 17.2 Å². The maximum absolute atomic E-state index is 14.7. The van der Waals surface area contributed by atoms with Crippen LogP contribution in [0.2, 0.25) is 0 Å². The highest BCUT2D eigenvalue weighted by molar-refractivity contribution is 6.03. The molecule has 1 aromatic heterocycles. The van der Waals surface area contributed by atoms with Crippen LogP contribution >= 0.6 is 0 Å². The number of alkyl halides is 2. The van der Waals surface area contributed by atoms with E-state index in [1.54, 1.807) is 0 Å². The maximum atomic E-state index is 14.7. The van der Waals surface area contributed by atoms with E-state index in [0.29, 0.717) is 12.1 Å². The number of methoxy groups -OCH3 is 1. The Morgan fingerprint density at radius 1 is 1.09 bits per heavy atom. The number of nitrogens with zero attached hydrogens (tertiary/aromatic N) is 2. The van der Waals surface area contributed by atoms with E-state index in [0.717, 1.165) is 16.7 Å². The minimum atomic E-state index is -2.99. The first kappa shape index (κ1) is 23.1. The smallest absolute Gasteiger partial charge is 0.387 e. The summed E-state index contributed by atoms with van der Waals surface area (Å²) in [7, 11) is 1.29. The first-order valence-corrected chi connectivity index (χ1v) is 9.65. The molecule has 0 atom stereocenters. The van der Waals surface area contributed by atoms with Gasteiger partial charge in [0.15, 0.2) is 11.6 Å². The number of halogens is 4. The predicted molar refractivity (Wildman–Crippen MR) is 110 cm³/mol. The van der Waals surface area contributed by atoms with Gasteiger partial charge in [-0.2, -0.15) is 8.78 Å². The highest BCUT2D eigenvalue weighted by Crippen LogP contribution is 2.28. The van der Waals surface area contributed by atoms with Gasteiger partial charge in [0.25, 0.3) is 5.91 Å². The van der Waals surface area contributed by atoms with Gasteiger partial charge in [-0.05, 0) is 36.6 Å². The van der Waals surface area contributed by atoms with Crippen LogP contribution in [-0.4, -0.2) is 29.2 Å². The number of ether oxygens (including phenoxy) is 2. The van der Waals surface area contributed by atoms with Crippen molar-refractivity contribution < 1.29 is 31.8 Å². The molecule has 0 saturated heterocycles. The van der Waals surface area contributed by atoms with E-state index >= 15 is 0 Å². The quantitative estimate of drug-likeness (QED) is 0.478. The summed E-state index contributed by atoms with van der Waals surface area (Å²) in [4.78, 5) is 17.0. The van der Waals surface area contributed by atoms with Crippen molar-refractivity contribution in [1.29, 1.82) is 0 Å². The highest BCUT2D eigenvalue weighted by atomic mass is 19.3. The minimum Gasteiger partial charge on any atom is -0.497 e. The van der Waals surface area contributed by atoms with Crippen LogP contribution in [0.1, 0.15) is 29.9 Å². The molecule has 0 fully saturated rings. The Kier molecular flexibility index (Phi) is 7.01. The van der Waals surface area contributed by atoms with E-state index < -0.39 is 29.8 Å². The van der Waals surface area contributed by atoms with Gasteiger partial charge in [0.05, 0.1) is 12.8 Å². The van der Waals surface area contributed by atoms with Gasteiger partial charge in [-0.25, -0.2) is 13.8 Å². The summed E-state index contributed by atoms with van der Waals surface area (Å²) in [6.45, 7) is 0.916. The third-order valence-corrected chi connectivity index (χ3v) is 4.41. The van der Waals surface area contributed by atoms with Crippen LogP contribution in [0.15, 0.2) is 42.6 Å². The Morgan fingerprint density at radius 2 is 1.72 bits per heavy atom. The number of hydrogen-bond donors (Lipinski definition) is 1. The van der Waals surface area contributed by atoms with E-state index in [1.165, 1.54) is 37.6 Å². The molecule has 3 aromatic rings. The second-order valence-corrected chi connectivity index (χ2v) is 7.32. The van der Waals surface area contributed by atoms with Crippen LogP contribution in [0, 0.1) is 17.6 Å². The van der Waals surface area contributed by atoms with Crippen molar-refractivity contribution in [3.05, 3.63) is 65.5 Å². The van der Waals surface area contributed by atoms with Crippen LogP contribution in [0.4, 0.5) is 23.5 Å². The van der Waals surface area contributed by atoms with Crippen molar-refractivity contribution in [2.75, 3.05) is 12.4 Å². The monoisotopic (exact) mass is 451 g/mol. The molecule has 170 valence electrons. The molecule has 0 unspecified atom stereocenters. The van der Waals surface area contributed by atoms with Gasteiger partial charge in [-0.15, -0.1) is 0 Å². The van der Waals surface area contributed by atoms with E-state index in [9.17, 15) is 22.4 Å². The van der Waals surface area contributed by atoms with Gasteiger partial charge in [0, 0.05) is 23.9 Å². The number of hydrogen-bond acceptors (Lipinski definition) is 4. The number of imidazole rings is 1. The number of benzene rings is 2. The fourth-order valence-corrected chi connectivity index (χ4v) is 3.06. The largest absolute Gasteiger partial charge is 0.497 e. The third-order valence-electron chi connectivity index (χ3n) is 4.41. The minimum absolute atomic E-state index is 0.00274. The molecular formula is C22H21F4N3O3. The summed E-state index contributed by atoms with van der Waals surface area (Å²) >= 11 is 0. The fourth-order valence-electron chi connectivity index (χ4n) is 3.06. The maximum Gasteiger partial charge on any atom is 0.387 e. The molecule has 2 aromatic carbocycles. The number of rotatable bonds is 8. The molecule has 6 nitrogen and oxygen atoms in total. The van der Waals surface area contributed by atoms with Crippen molar-refractivity contribution >= 4 is 11.9 Å². The Morgan fingerprint density at radius 3 is 2.25 bits per heavy atom. The van der Waals surface area contributed by atoms with E-state index in [2.05, 4.69) is 15.0 Å². The van der Waals surface area contributed by atoms with E-state index in [4.69, 9.17) is 4.74 Å². The van der Waals surface area contributed by atoms with Gasteiger partial charge in [-0.1, -0.05) is 13.8 Å². The zero-order chi connectivity index (χ0) is 23.4. The predicted octanol–water partition coefficient (Wildman–Crippen LogP) is 5.21. The Bertz CT molecular complexity index is 1080. The summed E-state index contributed by atoms with van der Waals surface area (Å²) in [5.41, 5.74) is 0.206. The number of amides is 1. The summed E-state index contributed by atoms with van der Waals surface area (Å²) in [5.74, 6) is -2.46. The first-order chi connectivity index (χ1) is 15.2. The van der Waals surface area contributed by atoms with Gasteiger partial charge >= 0.3 is 6.61 Å². The SMILES string of the molecule is COc1cc(F)c(-n2cc(CC(C)C)nc2NC(=O)c2ccc(OC(F)F)cc2)c(F)c1. The van der Waals surface area contributed by atoms with Crippen molar-refractivity contribution in [1.82, 2.24) is 9.55 Å². The normalized spacial score (nSPS) is 11.2. The molecule has 0 saturated carbocycles. The van der Waals surface area contributed by atoms with Gasteiger partial charge in [0.2, 0.25) is 5.95 Å². The molecule has 0 aliphatic rings. The summed E-state index contributed by atoms with van der Waals surface area (Å²) < 4.78 is 64.2. The topological polar surface area (TPSA) is 65.4 Å². The standard InChI is InChI=1S/C22H21F4N3O3/c1-12(2)8-14-11-29(19-17(23)9-16(31-3)10-18(19)24)22(27-14)28-20(30)13-4-6-15(7-5-13)32-21(25)26/h4-7,9-12,21H,8H2,1-3H3,(H,27,28,30). The molecule has 0 aliphatic carbocycles. The van der Waals surface area contributed by atoms with Crippen LogP contribution in [0.5, 0.6) is 11.5 Å². The lowest BCUT2D eigenvalue weighted by Gasteiger charge is -2.12. The molecule has 1 N–H and O–H groups in total. The average molecular weight is 451 g/mol. The number of aromatic nitrogens is 2. The Balaban J connectivity index is 1.95. The Hall–Kier alpha value is -3.56. The second kappa shape index (κ2) is 9.71. The number of carbonyl (C=O) groups is 1. The molecule has 10 heteroatoms. The van der Waals surface area contributed by atoms with Crippen LogP contribution in [0.25, 0.3) is 5.69 Å².